The van der Waals surface area contributed by atoms with Crippen LogP contribution in [0.2, 0.25) is 5.04 Å². The highest BCUT2D eigenvalue weighted by Crippen LogP contribution is 2.38. The number of hydrogen-bond acceptors (Lipinski definition) is 5. The first-order valence-electron chi connectivity index (χ1n) is 13.1. The molecular formula is C30H44O5Si. The van der Waals surface area contributed by atoms with Crippen molar-refractivity contribution in [1.82, 2.24) is 0 Å². The summed E-state index contributed by atoms with van der Waals surface area (Å²) in [5.74, 6) is -0.252. The molecule has 2 N–H and O–H groups in total. The van der Waals surface area contributed by atoms with Crippen molar-refractivity contribution in [3.05, 3.63) is 73.3 Å². The Bertz CT molecular complexity index is 870. The van der Waals surface area contributed by atoms with E-state index in [1.165, 1.54) is 0 Å². The number of hydrogen-bond donors (Lipinski definition) is 2. The van der Waals surface area contributed by atoms with Crippen LogP contribution in [0.15, 0.2) is 73.3 Å². The molecule has 2 aromatic carbocycles. The Balaban J connectivity index is 2.49. The molecule has 0 amide bonds. The molecule has 2 aromatic rings. The molecule has 0 saturated heterocycles. The molecule has 0 saturated carbocycles. The average Bonchev–Trinajstić information content (AvgIpc) is 2.86. The van der Waals surface area contributed by atoms with Crippen molar-refractivity contribution in [3.63, 3.8) is 0 Å². The Morgan fingerprint density at radius 1 is 1.06 bits per heavy atom. The first-order chi connectivity index (χ1) is 17.2. The molecule has 0 bridgehead atoms. The second kappa shape index (κ2) is 14.5. The summed E-state index contributed by atoms with van der Waals surface area (Å²) in [5, 5.41) is 22.8. The predicted octanol–water partition coefficient (Wildman–Crippen LogP) is 4.74. The molecule has 0 aliphatic carbocycles. The summed E-state index contributed by atoms with van der Waals surface area (Å²) in [6, 6.07) is 20.4. The van der Waals surface area contributed by atoms with Crippen LogP contribution in [0.4, 0.5) is 0 Å². The number of esters is 1. The van der Waals surface area contributed by atoms with E-state index in [1.807, 2.05) is 43.3 Å². The maximum atomic E-state index is 12.5. The third kappa shape index (κ3) is 7.87. The van der Waals surface area contributed by atoms with Crippen molar-refractivity contribution in [1.29, 1.82) is 0 Å². The normalized spacial score (nSPS) is 14.6. The van der Waals surface area contributed by atoms with Gasteiger partial charge in [0.2, 0.25) is 0 Å². The van der Waals surface area contributed by atoms with Crippen LogP contribution in [0.5, 0.6) is 0 Å². The van der Waals surface area contributed by atoms with Gasteiger partial charge in [0.1, 0.15) is 12.2 Å². The van der Waals surface area contributed by atoms with Crippen molar-refractivity contribution in [2.75, 3.05) is 6.61 Å². The van der Waals surface area contributed by atoms with Crippen LogP contribution < -0.4 is 10.4 Å². The van der Waals surface area contributed by atoms with Crippen LogP contribution in [0.25, 0.3) is 0 Å². The second-order valence-electron chi connectivity index (χ2n) is 10.4. The number of carbonyl (C=O) groups is 1. The monoisotopic (exact) mass is 512 g/mol. The highest BCUT2D eigenvalue weighted by Gasteiger charge is 2.52. The first-order valence-corrected chi connectivity index (χ1v) is 15.0. The second-order valence-corrected chi connectivity index (χ2v) is 14.6. The number of allylic oxidation sites excluding steroid dienone is 1. The lowest BCUT2D eigenvalue weighted by molar-refractivity contribution is -0.152. The molecule has 0 aliphatic heterocycles. The Kier molecular flexibility index (Phi) is 12.1. The average molecular weight is 513 g/mol. The van der Waals surface area contributed by atoms with Crippen LogP contribution in [-0.4, -0.2) is 49.4 Å². The Labute approximate surface area is 218 Å². The van der Waals surface area contributed by atoms with Gasteiger partial charge >= 0.3 is 5.97 Å². The molecule has 5 nitrogen and oxygen atoms in total. The molecule has 0 radical (unpaired) electrons. The number of aliphatic hydroxyl groups is 2. The quantitative estimate of drug-likeness (QED) is 0.156. The lowest BCUT2D eigenvalue weighted by Gasteiger charge is -2.46. The van der Waals surface area contributed by atoms with Gasteiger partial charge in [-0.2, -0.15) is 0 Å². The van der Waals surface area contributed by atoms with E-state index >= 15 is 0 Å². The van der Waals surface area contributed by atoms with Gasteiger partial charge < -0.3 is 19.4 Å². The minimum atomic E-state index is -2.97. The van der Waals surface area contributed by atoms with E-state index in [0.29, 0.717) is 25.7 Å². The van der Waals surface area contributed by atoms with Crippen molar-refractivity contribution >= 4 is 24.7 Å². The van der Waals surface area contributed by atoms with Crippen molar-refractivity contribution in [2.24, 2.45) is 0 Å². The van der Waals surface area contributed by atoms with Gasteiger partial charge in [-0.3, -0.25) is 4.79 Å². The molecule has 6 heteroatoms. The minimum Gasteiger partial charge on any atom is -0.462 e. The van der Waals surface area contributed by atoms with Gasteiger partial charge in [0.05, 0.1) is 12.7 Å². The molecule has 0 unspecified atom stereocenters. The Hall–Kier alpha value is -2.25. The van der Waals surface area contributed by atoms with E-state index in [0.717, 1.165) is 23.2 Å². The summed E-state index contributed by atoms with van der Waals surface area (Å²) in [5.41, 5.74) is 0. The summed E-state index contributed by atoms with van der Waals surface area (Å²) in [7, 11) is -2.97. The first kappa shape index (κ1) is 30.0. The zero-order valence-corrected chi connectivity index (χ0v) is 23.4. The molecule has 0 aromatic heterocycles. The highest BCUT2D eigenvalue weighted by molar-refractivity contribution is 6.99. The topological polar surface area (TPSA) is 76.0 Å². The smallest absolute Gasteiger partial charge is 0.306 e. The zero-order chi connectivity index (χ0) is 26.6. The van der Waals surface area contributed by atoms with Crippen LogP contribution in [0.3, 0.4) is 0 Å². The lowest BCUT2D eigenvalue weighted by Crippen LogP contribution is -2.68. The summed E-state index contributed by atoms with van der Waals surface area (Å²) >= 11 is 0. The maximum absolute atomic E-state index is 12.5. The number of benzene rings is 2. The fourth-order valence-electron chi connectivity index (χ4n) is 4.76. The summed E-state index contributed by atoms with van der Waals surface area (Å²) in [4.78, 5) is 12.5. The van der Waals surface area contributed by atoms with Crippen molar-refractivity contribution in [2.45, 2.75) is 89.6 Å². The number of aliphatic hydroxyl groups excluding tert-OH is 2. The Morgan fingerprint density at radius 3 is 2.06 bits per heavy atom. The SMILES string of the molecule is C=CCCCC(=O)O[C@H](CCC)C[C@@H](O[Si](c1ccccc1)(c1ccccc1)C(C)(C)C)[C@H](O)CO. The number of ether oxygens (including phenoxy) is 1. The van der Waals surface area contributed by atoms with Crippen LogP contribution in [-0.2, 0) is 14.0 Å². The van der Waals surface area contributed by atoms with E-state index in [4.69, 9.17) is 9.16 Å². The molecule has 198 valence electrons. The molecule has 0 heterocycles. The maximum Gasteiger partial charge on any atom is 0.306 e. The van der Waals surface area contributed by atoms with E-state index in [9.17, 15) is 15.0 Å². The number of unbranched alkanes of at least 4 members (excludes halogenated alkanes) is 1. The van der Waals surface area contributed by atoms with Gasteiger partial charge in [-0.15, -0.1) is 6.58 Å². The van der Waals surface area contributed by atoms with E-state index in [-0.39, 0.29) is 11.0 Å². The Morgan fingerprint density at radius 2 is 1.61 bits per heavy atom. The molecule has 36 heavy (non-hydrogen) atoms. The van der Waals surface area contributed by atoms with Gasteiger partial charge in [0.15, 0.2) is 0 Å². The lowest BCUT2D eigenvalue weighted by atomic mass is 10.0. The van der Waals surface area contributed by atoms with Gasteiger partial charge in [-0.05, 0) is 34.7 Å². The van der Waals surface area contributed by atoms with Crippen LogP contribution in [0.1, 0.15) is 66.2 Å². The van der Waals surface area contributed by atoms with Crippen molar-refractivity contribution in [3.8, 4) is 0 Å². The zero-order valence-electron chi connectivity index (χ0n) is 22.4. The summed E-state index contributed by atoms with van der Waals surface area (Å²) < 4.78 is 13.0. The van der Waals surface area contributed by atoms with E-state index in [1.54, 1.807) is 6.08 Å². The molecule has 2 rings (SSSR count). The van der Waals surface area contributed by atoms with Crippen LogP contribution >= 0.6 is 0 Å². The molecule has 0 fully saturated rings. The van der Waals surface area contributed by atoms with E-state index < -0.39 is 33.2 Å². The fourth-order valence-corrected chi connectivity index (χ4v) is 9.48. The standard InChI is InChI=1S/C30H44O5Si/c1-6-8-11-21-29(33)34-24(16-7-2)22-28(27(32)23-31)35-36(30(3,4)5,25-17-12-9-13-18-25)26-19-14-10-15-20-26/h6,9-10,12-15,17-20,24,27-28,31-32H,1,7-8,11,16,21-23H2,2-5H3/t24-,27-,28-/m1/s1. The fraction of sp³-hybridized carbons (Fsp3) is 0.500. The predicted molar refractivity (Wildman–Crippen MR) is 149 cm³/mol. The summed E-state index contributed by atoms with van der Waals surface area (Å²) in [6.45, 7) is 11.8. The van der Waals surface area contributed by atoms with Gasteiger partial charge in [0, 0.05) is 12.8 Å². The number of rotatable bonds is 15. The van der Waals surface area contributed by atoms with Gasteiger partial charge in [-0.25, -0.2) is 0 Å². The van der Waals surface area contributed by atoms with Crippen molar-refractivity contribution < 1.29 is 24.2 Å². The summed E-state index contributed by atoms with van der Waals surface area (Å²) in [6.07, 6.45) is 3.15. The minimum absolute atomic E-state index is 0.252. The van der Waals surface area contributed by atoms with Crippen LogP contribution in [0, 0.1) is 0 Å². The molecule has 3 atom stereocenters. The number of carbonyl (C=O) groups excluding carboxylic acids is 1. The van der Waals surface area contributed by atoms with Gasteiger partial charge in [0.25, 0.3) is 8.32 Å². The molecule has 0 aliphatic rings. The van der Waals surface area contributed by atoms with Gasteiger partial charge in [-0.1, -0.05) is 101 Å². The molecule has 0 spiro atoms. The third-order valence-corrected chi connectivity index (χ3v) is 11.6. The highest BCUT2D eigenvalue weighted by atomic mass is 28.4. The third-order valence-electron chi connectivity index (χ3n) is 6.55. The largest absolute Gasteiger partial charge is 0.462 e. The van der Waals surface area contributed by atoms with E-state index in [2.05, 4.69) is 51.6 Å². The molecular weight excluding hydrogens is 468 g/mol.